The Morgan fingerprint density at radius 1 is 1.57 bits per heavy atom. The highest BCUT2D eigenvalue weighted by molar-refractivity contribution is 5.90. The Morgan fingerprint density at radius 3 is 3.22 bits per heavy atom. The summed E-state index contributed by atoms with van der Waals surface area (Å²) < 4.78 is 0. The molecule has 3 N–H and O–H groups in total. The number of aromatic nitrogens is 3. The molecule has 1 amide bonds. The number of H-pyrrole nitrogens is 1. The van der Waals surface area contributed by atoms with Crippen molar-refractivity contribution in [1.29, 1.82) is 5.26 Å². The SMILES string of the molecule is N#CCCc1c[nH]c2ncnc(N[C@@H]3CCCN(C(=O)O)C3)c12. The summed E-state index contributed by atoms with van der Waals surface area (Å²) in [6.45, 7) is 1.02. The molecule has 1 fully saturated rings. The molecule has 1 atom stereocenters. The lowest BCUT2D eigenvalue weighted by Crippen LogP contribution is -2.44. The minimum atomic E-state index is -0.888. The van der Waals surface area contributed by atoms with Gasteiger partial charge in [-0.05, 0) is 24.8 Å². The molecule has 0 radical (unpaired) electrons. The van der Waals surface area contributed by atoms with Crippen LogP contribution in [0.3, 0.4) is 0 Å². The van der Waals surface area contributed by atoms with Gasteiger partial charge in [0, 0.05) is 31.7 Å². The van der Waals surface area contributed by atoms with E-state index in [0.29, 0.717) is 31.7 Å². The third kappa shape index (κ3) is 3.18. The Hall–Kier alpha value is -2.82. The fourth-order valence-electron chi connectivity index (χ4n) is 2.99. The number of piperidine rings is 1. The summed E-state index contributed by atoms with van der Waals surface area (Å²) in [7, 11) is 0. The predicted octanol–water partition coefficient (Wildman–Crippen LogP) is 1.97. The lowest BCUT2D eigenvalue weighted by molar-refractivity contribution is 0.133. The van der Waals surface area contributed by atoms with Crippen LogP contribution in [-0.4, -0.2) is 50.2 Å². The van der Waals surface area contributed by atoms with E-state index in [1.165, 1.54) is 11.2 Å². The first-order chi connectivity index (χ1) is 11.2. The van der Waals surface area contributed by atoms with Gasteiger partial charge in [-0.2, -0.15) is 5.26 Å². The van der Waals surface area contributed by atoms with E-state index < -0.39 is 6.09 Å². The minimum absolute atomic E-state index is 0.0247. The molecule has 3 rings (SSSR count). The molecule has 1 aliphatic rings. The van der Waals surface area contributed by atoms with Crippen molar-refractivity contribution in [2.24, 2.45) is 0 Å². The van der Waals surface area contributed by atoms with Crippen LogP contribution in [0.25, 0.3) is 11.0 Å². The van der Waals surface area contributed by atoms with Crippen LogP contribution in [0.2, 0.25) is 0 Å². The maximum Gasteiger partial charge on any atom is 0.407 e. The van der Waals surface area contributed by atoms with E-state index in [0.717, 1.165) is 29.4 Å². The standard InChI is InChI=1S/C15H18N6O2/c16-5-1-3-10-7-17-13-12(10)14(19-9-18-13)20-11-4-2-6-21(8-11)15(22)23/h7,9,11H,1-4,6,8H2,(H,22,23)(H2,17,18,19,20)/t11-/m1/s1. The average molecular weight is 314 g/mol. The summed E-state index contributed by atoms with van der Waals surface area (Å²) in [5.74, 6) is 0.696. The van der Waals surface area contributed by atoms with Crippen molar-refractivity contribution < 1.29 is 9.90 Å². The van der Waals surface area contributed by atoms with E-state index in [4.69, 9.17) is 10.4 Å². The molecule has 0 aliphatic carbocycles. The Morgan fingerprint density at radius 2 is 2.43 bits per heavy atom. The van der Waals surface area contributed by atoms with Gasteiger partial charge in [-0.15, -0.1) is 0 Å². The van der Waals surface area contributed by atoms with Crippen LogP contribution >= 0.6 is 0 Å². The van der Waals surface area contributed by atoms with Gasteiger partial charge in [0.2, 0.25) is 0 Å². The van der Waals surface area contributed by atoms with Crippen molar-refractivity contribution in [3.8, 4) is 6.07 Å². The van der Waals surface area contributed by atoms with Crippen molar-refractivity contribution in [3.63, 3.8) is 0 Å². The number of likely N-dealkylation sites (tertiary alicyclic amines) is 1. The summed E-state index contributed by atoms with van der Waals surface area (Å²) >= 11 is 0. The van der Waals surface area contributed by atoms with Crippen molar-refractivity contribution in [1.82, 2.24) is 19.9 Å². The average Bonchev–Trinajstić information content (AvgIpc) is 2.97. The number of aromatic amines is 1. The third-order valence-corrected chi connectivity index (χ3v) is 4.09. The second-order valence-electron chi connectivity index (χ2n) is 5.63. The van der Waals surface area contributed by atoms with Gasteiger partial charge in [-0.3, -0.25) is 0 Å². The van der Waals surface area contributed by atoms with Gasteiger partial charge in [-0.1, -0.05) is 0 Å². The monoisotopic (exact) mass is 314 g/mol. The maximum absolute atomic E-state index is 11.1. The zero-order valence-corrected chi connectivity index (χ0v) is 12.6. The first-order valence-corrected chi connectivity index (χ1v) is 7.61. The van der Waals surface area contributed by atoms with E-state index >= 15 is 0 Å². The zero-order valence-electron chi connectivity index (χ0n) is 12.6. The summed E-state index contributed by atoms with van der Waals surface area (Å²) in [6.07, 6.45) is 5.22. The summed E-state index contributed by atoms with van der Waals surface area (Å²) in [5, 5.41) is 22.2. The van der Waals surface area contributed by atoms with Gasteiger partial charge < -0.3 is 20.3 Å². The third-order valence-electron chi connectivity index (χ3n) is 4.09. The quantitative estimate of drug-likeness (QED) is 0.794. The van der Waals surface area contributed by atoms with Gasteiger partial charge >= 0.3 is 6.09 Å². The molecular weight excluding hydrogens is 296 g/mol. The number of carbonyl (C=O) groups is 1. The van der Waals surface area contributed by atoms with Gasteiger partial charge in [-0.25, -0.2) is 14.8 Å². The van der Waals surface area contributed by atoms with Crippen LogP contribution in [0, 0.1) is 11.3 Å². The second kappa shape index (κ2) is 6.52. The van der Waals surface area contributed by atoms with Crippen molar-refractivity contribution in [2.75, 3.05) is 18.4 Å². The Bertz CT molecular complexity index is 750. The molecule has 1 saturated heterocycles. The first-order valence-electron chi connectivity index (χ1n) is 7.61. The van der Waals surface area contributed by atoms with Crippen LogP contribution in [0.1, 0.15) is 24.8 Å². The summed E-state index contributed by atoms with van der Waals surface area (Å²) in [5.41, 5.74) is 1.72. The van der Waals surface area contributed by atoms with E-state index in [1.54, 1.807) is 0 Å². The highest BCUT2D eigenvalue weighted by atomic mass is 16.4. The molecule has 23 heavy (non-hydrogen) atoms. The number of nitrogens with zero attached hydrogens (tertiary/aromatic N) is 4. The molecule has 0 saturated carbocycles. The first kappa shape index (κ1) is 15.1. The number of carboxylic acid groups (broad SMARTS) is 1. The number of anilines is 1. The molecule has 0 aromatic carbocycles. The van der Waals surface area contributed by atoms with E-state index in [9.17, 15) is 4.79 Å². The fourth-order valence-corrected chi connectivity index (χ4v) is 2.99. The number of hydrogen-bond donors (Lipinski definition) is 3. The molecular formula is C15H18N6O2. The smallest absolute Gasteiger partial charge is 0.407 e. The van der Waals surface area contributed by atoms with Crippen molar-refractivity contribution in [2.45, 2.75) is 31.7 Å². The maximum atomic E-state index is 11.1. The van der Waals surface area contributed by atoms with Gasteiger partial charge in [0.05, 0.1) is 11.5 Å². The molecule has 2 aromatic heterocycles. The lowest BCUT2D eigenvalue weighted by Gasteiger charge is -2.31. The van der Waals surface area contributed by atoms with E-state index in [2.05, 4.69) is 26.3 Å². The number of rotatable bonds is 4. The van der Waals surface area contributed by atoms with Crippen LogP contribution in [-0.2, 0) is 6.42 Å². The number of amides is 1. The molecule has 0 unspecified atom stereocenters. The van der Waals surface area contributed by atoms with Gasteiger partial charge in [0.15, 0.2) is 0 Å². The number of hydrogen-bond acceptors (Lipinski definition) is 5. The van der Waals surface area contributed by atoms with Gasteiger partial charge in [0.1, 0.15) is 17.8 Å². The molecule has 3 heterocycles. The minimum Gasteiger partial charge on any atom is -0.465 e. The number of aryl methyl sites for hydroxylation is 1. The van der Waals surface area contributed by atoms with Crippen molar-refractivity contribution in [3.05, 3.63) is 18.1 Å². The van der Waals surface area contributed by atoms with Crippen LogP contribution < -0.4 is 5.32 Å². The van der Waals surface area contributed by atoms with Gasteiger partial charge in [0.25, 0.3) is 0 Å². The summed E-state index contributed by atoms with van der Waals surface area (Å²) in [4.78, 5) is 24.2. The zero-order chi connectivity index (χ0) is 16.2. The largest absolute Gasteiger partial charge is 0.465 e. The number of nitriles is 1. The predicted molar refractivity (Wildman–Crippen MR) is 84.1 cm³/mol. The molecule has 1 aliphatic heterocycles. The molecule has 120 valence electrons. The van der Waals surface area contributed by atoms with Crippen LogP contribution in [0.5, 0.6) is 0 Å². The topological polar surface area (TPSA) is 118 Å². The number of fused-ring (bicyclic) bond motifs is 1. The highest BCUT2D eigenvalue weighted by Gasteiger charge is 2.24. The highest BCUT2D eigenvalue weighted by Crippen LogP contribution is 2.26. The Labute approximate surface area is 133 Å². The van der Waals surface area contributed by atoms with Crippen molar-refractivity contribution >= 4 is 22.9 Å². The normalized spacial score (nSPS) is 17.9. The molecule has 8 heteroatoms. The second-order valence-corrected chi connectivity index (χ2v) is 5.63. The van der Waals surface area contributed by atoms with Crippen LogP contribution in [0.4, 0.5) is 10.6 Å². The van der Waals surface area contributed by atoms with E-state index in [-0.39, 0.29) is 6.04 Å². The molecule has 0 spiro atoms. The molecule has 0 bridgehead atoms. The molecule has 2 aromatic rings. The van der Waals surface area contributed by atoms with Crippen LogP contribution in [0.15, 0.2) is 12.5 Å². The Kier molecular flexibility index (Phi) is 4.28. The molecule has 8 nitrogen and oxygen atoms in total. The fraction of sp³-hybridized carbons (Fsp3) is 0.467. The van der Waals surface area contributed by atoms with E-state index in [1.807, 2.05) is 6.20 Å². The lowest BCUT2D eigenvalue weighted by atomic mass is 10.1. The number of nitrogens with one attached hydrogen (secondary N) is 2. The summed E-state index contributed by atoms with van der Waals surface area (Å²) in [6, 6.07) is 2.17. The Balaban J connectivity index is 1.83.